The number of carbonyl (C=O) groups is 1. The van der Waals surface area contributed by atoms with Crippen LogP contribution >= 0.6 is 11.8 Å². The molecule has 14 heavy (non-hydrogen) atoms. The molecule has 0 spiro atoms. The number of oxazole rings is 1. The Labute approximate surface area is 85.7 Å². The number of hydrogen-bond donors (Lipinski definition) is 2. The second-order valence-corrected chi connectivity index (χ2v) is 3.85. The molecule has 0 radical (unpaired) electrons. The highest BCUT2D eigenvalue weighted by atomic mass is 32.2. The van der Waals surface area contributed by atoms with E-state index in [0.29, 0.717) is 11.5 Å². The van der Waals surface area contributed by atoms with Crippen molar-refractivity contribution < 1.29 is 14.3 Å². The molecule has 1 aromatic rings. The van der Waals surface area contributed by atoms with Crippen LogP contribution in [0.15, 0.2) is 10.8 Å². The third-order valence-corrected chi connectivity index (χ3v) is 2.77. The van der Waals surface area contributed by atoms with Gasteiger partial charge >= 0.3 is 5.97 Å². The lowest BCUT2D eigenvalue weighted by Crippen LogP contribution is -2.32. The van der Waals surface area contributed by atoms with Gasteiger partial charge in [-0.15, -0.1) is 0 Å². The van der Waals surface area contributed by atoms with Gasteiger partial charge in [-0.1, -0.05) is 0 Å². The van der Waals surface area contributed by atoms with E-state index in [4.69, 9.17) is 15.3 Å². The van der Waals surface area contributed by atoms with E-state index in [9.17, 15) is 4.79 Å². The normalized spacial score (nSPS) is 12.7. The smallest absolute Gasteiger partial charge is 0.321 e. The van der Waals surface area contributed by atoms with E-state index in [0.717, 1.165) is 11.5 Å². The van der Waals surface area contributed by atoms with Gasteiger partial charge in [-0.2, -0.15) is 11.8 Å². The van der Waals surface area contributed by atoms with Crippen LogP contribution in [0.3, 0.4) is 0 Å². The molecular formula is C8H12N2O3S. The number of aliphatic carboxylic acids is 1. The molecule has 0 fully saturated rings. The minimum Gasteiger partial charge on any atom is -0.480 e. The maximum atomic E-state index is 10.4. The predicted octanol–water partition coefficient (Wildman–Crippen LogP) is 0.628. The summed E-state index contributed by atoms with van der Waals surface area (Å²) in [6.45, 7) is 1.82. The number of hydrogen-bond acceptors (Lipinski definition) is 5. The average molecular weight is 216 g/mol. The van der Waals surface area contributed by atoms with Crippen LogP contribution in [0.4, 0.5) is 0 Å². The van der Waals surface area contributed by atoms with Crippen LogP contribution < -0.4 is 5.73 Å². The highest BCUT2D eigenvalue weighted by molar-refractivity contribution is 7.98. The van der Waals surface area contributed by atoms with Gasteiger partial charge in [-0.05, 0) is 6.92 Å². The Hall–Kier alpha value is -1.01. The Morgan fingerprint density at radius 1 is 1.86 bits per heavy atom. The van der Waals surface area contributed by atoms with E-state index in [1.54, 1.807) is 0 Å². The number of nitrogens with zero attached hydrogens (tertiary/aromatic N) is 1. The van der Waals surface area contributed by atoms with Crippen LogP contribution in [0.5, 0.6) is 0 Å². The molecule has 0 bridgehead atoms. The second-order valence-electron chi connectivity index (χ2n) is 2.82. The molecule has 1 heterocycles. The van der Waals surface area contributed by atoms with Crippen LogP contribution in [0, 0.1) is 6.92 Å². The minimum atomic E-state index is -0.977. The lowest BCUT2D eigenvalue weighted by molar-refractivity contribution is -0.137. The Balaban J connectivity index is 2.29. The largest absolute Gasteiger partial charge is 0.480 e. The summed E-state index contributed by atoms with van der Waals surface area (Å²) in [5, 5.41) is 8.52. The molecule has 0 saturated heterocycles. The van der Waals surface area contributed by atoms with Crippen LogP contribution in [0.25, 0.3) is 0 Å². The van der Waals surface area contributed by atoms with Gasteiger partial charge in [0.05, 0.1) is 5.69 Å². The minimum absolute atomic E-state index is 0.377. The molecule has 1 aromatic heterocycles. The molecule has 3 N–H and O–H groups in total. The number of nitrogens with two attached hydrogens (primary N) is 1. The maximum Gasteiger partial charge on any atom is 0.321 e. The second kappa shape index (κ2) is 5.02. The quantitative estimate of drug-likeness (QED) is 0.750. The fourth-order valence-electron chi connectivity index (χ4n) is 0.821. The Morgan fingerprint density at radius 2 is 2.57 bits per heavy atom. The summed E-state index contributed by atoms with van der Waals surface area (Å²) in [5.74, 6) is 0.793. The molecule has 0 aliphatic heterocycles. The number of aryl methyl sites for hydroxylation is 1. The van der Waals surface area contributed by atoms with E-state index in [1.165, 1.54) is 18.2 Å². The topological polar surface area (TPSA) is 89.4 Å². The zero-order chi connectivity index (χ0) is 10.6. The number of thioether (sulfide) groups is 1. The molecule has 1 unspecified atom stereocenters. The molecule has 0 aliphatic carbocycles. The van der Waals surface area contributed by atoms with Crippen molar-refractivity contribution in [3.8, 4) is 0 Å². The van der Waals surface area contributed by atoms with E-state index in [2.05, 4.69) is 4.98 Å². The standard InChI is InChI=1S/C8H12N2O3S/c1-5-7(10-4-13-5)3-14-2-6(9)8(11)12/h4,6H,2-3,9H2,1H3,(H,11,12). The maximum absolute atomic E-state index is 10.4. The third-order valence-electron chi connectivity index (χ3n) is 1.70. The Morgan fingerprint density at radius 3 is 3.07 bits per heavy atom. The number of carboxylic acid groups (broad SMARTS) is 1. The van der Waals surface area contributed by atoms with Crippen LogP contribution in [-0.2, 0) is 10.5 Å². The molecule has 1 rings (SSSR count). The summed E-state index contributed by atoms with van der Waals surface area (Å²) >= 11 is 1.43. The zero-order valence-electron chi connectivity index (χ0n) is 7.77. The summed E-state index contributed by atoms with van der Waals surface area (Å²) in [5.41, 5.74) is 6.17. The number of aromatic nitrogens is 1. The predicted molar refractivity (Wildman–Crippen MR) is 53.0 cm³/mol. The van der Waals surface area contributed by atoms with E-state index in [1.807, 2.05) is 6.92 Å². The van der Waals surface area contributed by atoms with Crippen molar-refractivity contribution in [1.29, 1.82) is 0 Å². The van der Waals surface area contributed by atoms with Gasteiger partial charge in [0.2, 0.25) is 0 Å². The molecular weight excluding hydrogens is 204 g/mol. The molecule has 5 nitrogen and oxygen atoms in total. The van der Waals surface area contributed by atoms with Crippen LogP contribution in [0.1, 0.15) is 11.5 Å². The van der Waals surface area contributed by atoms with Gasteiger partial charge < -0.3 is 15.3 Å². The highest BCUT2D eigenvalue weighted by Gasteiger charge is 2.11. The van der Waals surface area contributed by atoms with E-state index < -0.39 is 12.0 Å². The van der Waals surface area contributed by atoms with Gasteiger partial charge in [0.1, 0.15) is 11.8 Å². The monoisotopic (exact) mass is 216 g/mol. The first-order chi connectivity index (χ1) is 6.61. The SMILES string of the molecule is Cc1ocnc1CSCC(N)C(=O)O. The van der Waals surface area contributed by atoms with Gasteiger partial charge in [0.25, 0.3) is 0 Å². The van der Waals surface area contributed by atoms with Gasteiger partial charge in [-0.25, -0.2) is 4.98 Å². The molecule has 0 aromatic carbocycles. The molecule has 1 atom stereocenters. The zero-order valence-corrected chi connectivity index (χ0v) is 8.58. The van der Waals surface area contributed by atoms with Crippen LogP contribution in [0.2, 0.25) is 0 Å². The highest BCUT2D eigenvalue weighted by Crippen LogP contribution is 2.14. The summed E-state index contributed by atoms with van der Waals surface area (Å²) in [7, 11) is 0. The fraction of sp³-hybridized carbons (Fsp3) is 0.500. The van der Waals surface area contributed by atoms with Crippen LogP contribution in [-0.4, -0.2) is 27.9 Å². The van der Waals surface area contributed by atoms with Crippen molar-refractivity contribution >= 4 is 17.7 Å². The van der Waals surface area contributed by atoms with E-state index in [-0.39, 0.29) is 0 Å². The molecule has 0 aliphatic rings. The Bertz CT molecular complexity index is 313. The number of carboxylic acids is 1. The van der Waals surface area contributed by atoms with Crippen molar-refractivity contribution in [2.24, 2.45) is 5.73 Å². The van der Waals surface area contributed by atoms with Gasteiger partial charge in [0.15, 0.2) is 6.39 Å². The van der Waals surface area contributed by atoms with Gasteiger partial charge in [-0.3, -0.25) is 4.79 Å². The summed E-state index contributed by atoms with van der Waals surface area (Å²) in [6.07, 6.45) is 1.38. The molecule has 0 saturated carbocycles. The number of rotatable bonds is 5. The fourth-order valence-corrected chi connectivity index (χ4v) is 1.81. The molecule has 6 heteroatoms. The van der Waals surface area contributed by atoms with Crippen molar-refractivity contribution in [2.45, 2.75) is 18.7 Å². The summed E-state index contributed by atoms with van der Waals surface area (Å²) in [4.78, 5) is 14.4. The first-order valence-corrected chi connectivity index (χ1v) is 5.22. The Kier molecular flexibility index (Phi) is 3.97. The average Bonchev–Trinajstić information content (AvgIpc) is 2.51. The third kappa shape index (κ3) is 3.04. The van der Waals surface area contributed by atoms with Crippen molar-refractivity contribution in [1.82, 2.24) is 4.98 Å². The lowest BCUT2D eigenvalue weighted by Gasteiger charge is -2.04. The van der Waals surface area contributed by atoms with Crippen molar-refractivity contribution in [3.05, 3.63) is 17.8 Å². The lowest BCUT2D eigenvalue weighted by atomic mass is 10.4. The first kappa shape index (κ1) is 11.1. The molecule has 0 amide bonds. The van der Waals surface area contributed by atoms with Crippen molar-refractivity contribution in [3.63, 3.8) is 0 Å². The summed E-state index contributed by atoms with van der Waals surface area (Å²) in [6, 6.07) is -0.813. The van der Waals surface area contributed by atoms with Crippen molar-refractivity contribution in [2.75, 3.05) is 5.75 Å². The van der Waals surface area contributed by atoms with Gasteiger partial charge in [0, 0.05) is 11.5 Å². The first-order valence-electron chi connectivity index (χ1n) is 4.06. The molecule has 78 valence electrons. The van der Waals surface area contributed by atoms with E-state index >= 15 is 0 Å². The summed E-state index contributed by atoms with van der Waals surface area (Å²) < 4.78 is 5.00.